The summed E-state index contributed by atoms with van der Waals surface area (Å²) in [7, 11) is 3.57. The van der Waals surface area contributed by atoms with Crippen molar-refractivity contribution in [1.29, 1.82) is 0 Å². The first-order chi connectivity index (χ1) is 62.7. The number of carbonyl (C=O) groups excluding carboxylic acids is 16. The molecule has 0 radical (unpaired) electrons. The van der Waals surface area contributed by atoms with Crippen molar-refractivity contribution in [3.05, 3.63) is 41.8 Å². The zero-order valence-electron chi connectivity index (χ0n) is 77.9. The molecule has 133 heavy (non-hydrogen) atoms. The first kappa shape index (κ1) is 118. The molecule has 1 unspecified atom stereocenters. The van der Waals surface area contributed by atoms with Crippen molar-refractivity contribution >= 4 is 146 Å². The highest BCUT2D eigenvalue weighted by Gasteiger charge is 2.38. The summed E-state index contributed by atoms with van der Waals surface area (Å²) in [6, 6.07) is -20.1. The molecule has 2 rings (SSSR count). The standard InChI is InChI=1S/C83H142N25O22S3/c1-43(2)34-59(102-69(113)48(9)92-74(118)55(23-15-19-31-85)99-68(112)47(8)97-79(123)60(35-44(3)4)104-81(125)62(37-52-38-89-42-91-52)105-73(117)54(88-13)22-14-18-30-84)78(122)96-46(7)67(111)98-56(24-16-20-32-86)75(119)93-49(10)70(114)103-61(36-45(5)6)80(124)100-57(25-17-21-33-87)76(120)94-50(11)71(115)106-63(40-131)82(126)101-58(27-29-66(109)110)77(121)95-51(12)72(116)107-64(83(127)128)41-132-133-65-28-26-53(39-90-65)108(129)130/h26,28,38-39,42-51,54-64,88,129,131H,14-25,27,29-37,40-41,84-87H2,1-13H3,(H,89,91)(H,92,118)(H,93,119)(H,94,120)(H,95,121)(H,96,122)(H,97,123)(H,98,111)(H,99,112)(H,100,124)(H,101,126)(H,102,113)(H,103,114)(H,104,125)(H,105,117)(H,106,115)(H,107,116)(H,109,110)(H,127,128)/q-1/t46-,47-,48-,49-,50-,51-,54-,55-,56-,57-,58-,59-,60?,61-,62-,63-,64-/m0/s1. The van der Waals surface area contributed by atoms with Crippen LogP contribution in [0.25, 0.3) is 0 Å². The molecule has 0 aromatic carbocycles. The number of imidazole rings is 1. The van der Waals surface area contributed by atoms with Crippen LogP contribution >= 0.6 is 34.2 Å². The minimum atomic E-state index is -1.66. The van der Waals surface area contributed by atoms with Gasteiger partial charge >= 0.3 is 11.9 Å². The van der Waals surface area contributed by atoms with Crippen molar-refractivity contribution in [2.24, 2.45) is 40.7 Å². The molecule has 0 aliphatic rings. The lowest BCUT2D eigenvalue weighted by atomic mass is 10.0. The number of carboxylic acid groups (broad SMARTS) is 2. The van der Waals surface area contributed by atoms with E-state index in [1.54, 1.807) is 34.7 Å². The molecule has 50 heteroatoms. The van der Waals surface area contributed by atoms with Crippen molar-refractivity contribution < 1.29 is 102 Å². The second-order valence-corrected chi connectivity index (χ2v) is 36.3. The summed E-state index contributed by atoms with van der Waals surface area (Å²) in [6.45, 7) is 19.5. The maximum Gasteiger partial charge on any atom is 0.327 e. The highest BCUT2D eigenvalue weighted by Crippen LogP contribution is 2.31. The first-order valence-electron chi connectivity index (χ1n) is 44.5. The molecule has 0 spiro atoms. The lowest BCUT2D eigenvalue weighted by Gasteiger charge is -2.27. The molecule has 47 nitrogen and oxygen atoms in total. The second kappa shape index (κ2) is 63.5. The smallest absolute Gasteiger partial charge is 0.327 e. The van der Waals surface area contributed by atoms with E-state index in [1.165, 1.54) is 66.2 Å². The van der Waals surface area contributed by atoms with Crippen LogP contribution in [-0.4, -0.2) is 284 Å². The van der Waals surface area contributed by atoms with Crippen molar-refractivity contribution in [2.45, 2.75) is 306 Å². The van der Waals surface area contributed by atoms with E-state index in [0.29, 0.717) is 68.6 Å². The Morgan fingerprint density at radius 3 is 0.992 bits per heavy atom. The van der Waals surface area contributed by atoms with E-state index in [0.717, 1.165) is 27.8 Å². The molecule has 2 heterocycles. The Kier molecular flexibility index (Phi) is 56.6. The van der Waals surface area contributed by atoms with E-state index in [9.17, 15) is 102 Å². The highest BCUT2D eigenvalue weighted by molar-refractivity contribution is 8.76. The number of nitrogens with zero attached hydrogens (tertiary/aromatic N) is 3. The number of rotatable bonds is 67. The van der Waals surface area contributed by atoms with Crippen LogP contribution in [0.3, 0.4) is 0 Å². The number of aromatic nitrogens is 3. The fourth-order valence-corrected chi connectivity index (χ4v) is 15.2. The lowest BCUT2D eigenvalue weighted by Crippen LogP contribution is -2.60. The first-order valence-corrected chi connectivity index (χ1v) is 47.5. The van der Waals surface area contributed by atoms with E-state index in [1.807, 2.05) is 13.8 Å². The van der Waals surface area contributed by atoms with Gasteiger partial charge in [0.15, 0.2) is 0 Å². The predicted molar refractivity (Wildman–Crippen MR) is 499 cm³/mol. The molecule has 0 aliphatic heterocycles. The van der Waals surface area contributed by atoms with Gasteiger partial charge in [-0.15, -0.1) is 0 Å². The molecular formula is C83H142N25O22S3-. The van der Waals surface area contributed by atoms with Gasteiger partial charge in [-0.25, -0.2) is 14.8 Å². The number of carboxylic acids is 2. The maximum atomic E-state index is 14.3. The summed E-state index contributed by atoms with van der Waals surface area (Å²) in [4.78, 5) is 258. The number of likely N-dealkylation sites (N-methyl/N-ethyl adjacent to an activating group) is 1. The Hall–Kier alpha value is -10.6. The SMILES string of the molecule is CN[C@@H](CCCCN)C(=O)N[C@@H](Cc1cnc[nH]1)C(=O)NC(CC(C)C)C(=O)N[C@@H](C)C(=O)N[C@@H](CCCCN)C(=O)N[C@@H](C)C(=O)N[C@@H](CC(C)C)C(=O)N[C@@H](C)C(=O)N[C@@H](CCCCN)C(=O)N[C@@H](C)C(=O)N[C@@H](CC(C)C)C(=O)N[C@@H](CCCCN)C(=O)N[C@@H](C)C(=O)N[C@@H](CS)C(=O)N[C@@H](CCC(=O)O)C(=O)N[C@@H](C)C(=O)N[C@@H](CSSc1ccc(N([O-])O)cn1)C(=O)O. The molecule has 16 amide bonds. The lowest BCUT2D eigenvalue weighted by molar-refractivity contribution is -0.141. The van der Waals surface area contributed by atoms with E-state index in [4.69, 9.17) is 28.1 Å². The summed E-state index contributed by atoms with van der Waals surface area (Å²) < 4.78 is 0. The third-order valence-corrected chi connectivity index (χ3v) is 23.2. The molecule has 0 bridgehead atoms. The topological polar surface area (TPSA) is 744 Å². The number of amides is 16. The summed E-state index contributed by atoms with van der Waals surface area (Å²) in [5, 5.41) is 83.3. The zero-order valence-corrected chi connectivity index (χ0v) is 80.4. The summed E-state index contributed by atoms with van der Waals surface area (Å²) in [6.07, 6.45) is 6.76. The average Bonchev–Trinajstić information content (AvgIpc) is 0.952. The molecule has 17 atom stereocenters. The average molecular weight is 1940 g/mol. The molecule has 0 saturated heterocycles. The van der Waals surface area contributed by atoms with E-state index in [-0.39, 0.29) is 100 Å². The van der Waals surface area contributed by atoms with Gasteiger partial charge in [-0.1, -0.05) is 58.8 Å². The number of nitrogens with two attached hydrogens (primary N) is 4. The van der Waals surface area contributed by atoms with Crippen LogP contribution in [0.1, 0.15) is 198 Å². The zero-order chi connectivity index (χ0) is 100. The maximum absolute atomic E-state index is 14.3. The monoisotopic (exact) mass is 1940 g/mol. The van der Waals surface area contributed by atoms with Gasteiger partial charge in [-0.3, -0.25) is 86.7 Å². The van der Waals surface area contributed by atoms with Crippen LogP contribution in [-0.2, 0) is 92.7 Å². The Labute approximate surface area is 788 Å². The van der Waals surface area contributed by atoms with Crippen molar-refractivity contribution in [2.75, 3.05) is 50.0 Å². The largest absolute Gasteiger partial charge is 0.733 e. The van der Waals surface area contributed by atoms with Gasteiger partial charge in [0, 0.05) is 36.2 Å². The molecular weight excluding hydrogens is 1800 g/mol. The van der Waals surface area contributed by atoms with Gasteiger partial charge < -0.3 is 139 Å². The van der Waals surface area contributed by atoms with Crippen molar-refractivity contribution in [3.8, 4) is 0 Å². The van der Waals surface area contributed by atoms with Crippen LogP contribution < -0.4 is 119 Å². The van der Waals surface area contributed by atoms with Gasteiger partial charge in [0.2, 0.25) is 94.5 Å². The Balaban J connectivity index is 2.23. The van der Waals surface area contributed by atoms with E-state index in [2.05, 4.69) is 118 Å². The number of carbonyl (C=O) groups is 18. The number of aliphatic carboxylic acids is 2. The number of nitrogens with one attached hydrogen (secondary N) is 18. The summed E-state index contributed by atoms with van der Waals surface area (Å²) in [5.74, 6) is -17.7. The molecule has 2 aromatic heterocycles. The van der Waals surface area contributed by atoms with Crippen molar-refractivity contribution in [1.82, 2.24) is 105 Å². The number of hydrogen-bond acceptors (Lipinski definition) is 31. The highest BCUT2D eigenvalue weighted by atomic mass is 33.1. The van der Waals surface area contributed by atoms with Crippen LogP contribution in [0.2, 0.25) is 0 Å². The number of pyridine rings is 1. The van der Waals surface area contributed by atoms with E-state index < -0.39 is 233 Å². The fraction of sp³-hybridized carbons (Fsp3) is 0.687. The summed E-state index contributed by atoms with van der Waals surface area (Å²) in [5.41, 5.74) is 23.4. The van der Waals surface area contributed by atoms with Gasteiger partial charge in [-0.2, -0.15) is 12.6 Å². The Bertz CT molecular complexity index is 4070. The van der Waals surface area contributed by atoms with Crippen LogP contribution in [0.15, 0.2) is 35.9 Å². The molecule has 750 valence electrons. The van der Waals surface area contributed by atoms with Crippen LogP contribution in [0.4, 0.5) is 5.69 Å². The minimum absolute atomic E-state index is 0.00639. The third kappa shape index (κ3) is 46.3. The number of thiol groups is 1. The second-order valence-electron chi connectivity index (χ2n) is 33.6. The molecule has 2 aromatic rings. The number of unbranched alkanes of at least 4 members (excludes halogenated alkanes) is 4. The summed E-state index contributed by atoms with van der Waals surface area (Å²) >= 11 is 4.19. The molecule has 29 N–H and O–H groups in total. The number of hydrogen-bond donors (Lipinski definition) is 26. The van der Waals surface area contributed by atoms with Gasteiger partial charge in [0.05, 0.1) is 24.3 Å². The van der Waals surface area contributed by atoms with Gasteiger partial charge in [-0.05, 0) is 212 Å². The van der Waals surface area contributed by atoms with Crippen molar-refractivity contribution in [3.63, 3.8) is 0 Å². The quantitative estimate of drug-likeness (QED) is 0.0132. The molecule has 0 aliphatic carbocycles. The Morgan fingerprint density at radius 1 is 0.391 bits per heavy atom. The Morgan fingerprint density at radius 2 is 0.684 bits per heavy atom. The normalized spacial score (nSPS) is 15.1. The van der Waals surface area contributed by atoms with Crippen LogP contribution in [0.5, 0.6) is 0 Å². The minimum Gasteiger partial charge on any atom is -0.733 e. The fourth-order valence-electron chi connectivity index (χ4n) is 12.9. The van der Waals surface area contributed by atoms with E-state index >= 15 is 0 Å². The molecule has 0 fully saturated rings. The predicted octanol–water partition coefficient (Wildman–Crippen LogP) is -3.52. The number of H-pyrrole nitrogens is 1. The molecule has 0 saturated carbocycles. The van der Waals surface area contributed by atoms with Gasteiger partial charge in [0.1, 0.15) is 102 Å². The van der Waals surface area contributed by atoms with Crippen LogP contribution in [0, 0.1) is 23.0 Å². The third-order valence-electron chi connectivity index (χ3n) is 20.5. The number of aromatic amines is 1. The van der Waals surface area contributed by atoms with Gasteiger partial charge in [0.25, 0.3) is 0 Å². The number of anilines is 1.